The Bertz CT molecular complexity index is 891. The molecule has 2 aromatic carbocycles. The van der Waals surface area contributed by atoms with Gasteiger partial charge in [0.15, 0.2) is 5.96 Å². The van der Waals surface area contributed by atoms with Gasteiger partial charge in [-0.05, 0) is 43.0 Å². The zero-order valence-electron chi connectivity index (χ0n) is 17.0. The first kappa shape index (κ1) is 21.9. The van der Waals surface area contributed by atoms with E-state index in [2.05, 4.69) is 39.4 Å². The number of hydrogen-bond donors (Lipinski definition) is 3. The van der Waals surface area contributed by atoms with Crippen molar-refractivity contribution in [2.45, 2.75) is 45.7 Å². The minimum Gasteiger partial charge on any atom is -0.352 e. The molecule has 6 nitrogen and oxygen atoms in total. The number of rotatable bonds is 8. The summed E-state index contributed by atoms with van der Waals surface area (Å²) in [6, 6.07) is 15.7. The van der Waals surface area contributed by atoms with Gasteiger partial charge in [-0.1, -0.05) is 48.5 Å². The molecule has 28 heavy (non-hydrogen) atoms. The average molecular weight is 403 g/mol. The SMILES string of the molecule is CN=C(NCc1ccc(CS(=O)(=O)NC(C)C)cc1)NCc1ccccc1C. The van der Waals surface area contributed by atoms with Crippen LogP contribution in [0.4, 0.5) is 0 Å². The van der Waals surface area contributed by atoms with E-state index in [0.29, 0.717) is 13.1 Å². The molecule has 3 N–H and O–H groups in total. The van der Waals surface area contributed by atoms with Crippen LogP contribution >= 0.6 is 0 Å². The number of guanidine groups is 1. The highest BCUT2D eigenvalue weighted by Gasteiger charge is 2.12. The maximum absolute atomic E-state index is 12.0. The number of aliphatic imine (C=N–C) groups is 1. The molecule has 0 saturated carbocycles. The number of hydrogen-bond acceptors (Lipinski definition) is 3. The van der Waals surface area contributed by atoms with Crippen molar-refractivity contribution in [1.29, 1.82) is 0 Å². The van der Waals surface area contributed by atoms with E-state index in [-0.39, 0.29) is 11.8 Å². The second-order valence-electron chi connectivity index (χ2n) is 7.05. The van der Waals surface area contributed by atoms with Crippen molar-refractivity contribution in [3.05, 3.63) is 70.8 Å². The van der Waals surface area contributed by atoms with E-state index in [1.54, 1.807) is 7.05 Å². The summed E-state index contributed by atoms with van der Waals surface area (Å²) >= 11 is 0. The lowest BCUT2D eigenvalue weighted by Crippen LogP contribution is -2.36. The van der Waals surface area contributed by atoms with E-state index < -0.39 is 10.0 Å². The third-order valence-corrected chi connectivity index (χ3v) is 5.73. The molecule has 152 valence electrons. The molecule has 0 aliphatic carbocycles. The molecular formula is C21H30N4O2S. The monoisotopic (exact) mass is 402 g/mol. The lowest BCUT2D eigenvalue weighted by molar-refractivity contribution is 0.569. The van der Waals surface area contributed by atoms with E-state index in [1.165, 1.54) is 11.1 Å². The van der Waals surface area contributed by atoms with Crippen LogP contribution in [0.15, 0.2) is 53.5 Å². The van der Waals surface area contributed by atoms with E-state index in [1.807, 2.05) is 50.2 Å². The smallest absolute Gasteiger partial charge is 0.216 e. The van der Waals surface area contributed by atoms with Crippen LogP contribution < -0.4 is 15.4 Å². The second-order valence-corrected chi connectivity index (χ2v) is 8.81. The van der Waals surface area contributed by atoms with Gasteiger partial charge in [-0.15, -0.1) is 0 Å². The molecule has 2 aromatic rings. The lowest BCUT2D eigenvalue weighted by atomic mass is 10.1. The summed E-state index contributed by atoms with van der Waals surface area (Å²) in [6.07, 6.45) is 0. The first-order valence-electron chi connectivity index (χ1n) is 9.36. The van der Waals surface area contributed by atoms with Crippen LogP contribution in [0, 0.1) is 6.92 Å². The summed E-state index contributed by atoms with van der Waals surface area (Å²) in [5.41, 5.74) is 4.28. The van der Waals surface area contributed by atoms with Gasteiger partial charge in [0.2, 0.25) is 10.0 Å². The standard InChI is InChI=1S/C21H30N4O2S/c1-16(2)25-28(26,27)15-19-11-9-18(10-12-19)13-23-21(22-4)24-14-20-8-6-5-7-17(20)3/h5-12,16,25H,13-15H2,1-4H3,(H2,22,23,24). The van der Waals surface area contributed by atoms with E-state index in [4.69, 9.17) is 0 Å². The summed E-state index contributed by atoms with van der Waals surface area (Å²) in [4.78, 5) is 4.25. The van der Waals surface area contributed by atoms with Crippen LogP contribution in [0.3, 0.4) is 0 Å². The number of nitrogens with one attached hydrogen (secondary N) is 3. The van der Waals surface area contributed by atoms with Gasteiger partial charge in [0.1, 0.15) is 0 Å². The van der Waals surface area contributed by atoms with Crippen molar-refractivity contribution in [3.8, 4) is 0 Å². The summed E-state index contributed by atoms with van der Waals surface area (Å²) in [7, 11) is -1.57. The zero-order valence-corrected chi connectivity index (χ0v) is 17.8. The Kier molecular flexibility index (Phi) is 8.02. The minimum absolute atomic E-state index is 0.0153. The fourth-order valence-corrected chi connectivity index (χ4v) is 4.20. The number of nitrogens with zero attached hydrogens (tertiary/aromatic N) is 1. The molecule has 0 amide bonds. The lowest BCUT2D eigenvalue weighted by Gasteiger charge is -2.13. The quantitative estimate of drug-likeness (QED) is 0.468. The van der Waals surface area contributed by atoms with E-state index >= 15 is 0 Å². The topological polar surface area (TPSA) is 82.6 Å². The minimum atomic E-state index is -3.31. The summed E-state index contributed by atoms with van der Waals surface area (Å²) in [5.74, 6) is 0.703. The molecule has 0 aromatic heterocycles. The first-order chi connectivity index (χ1) is 13.3. The molecule has 0 atom stereocenters. The third kappa shape index (κ3) is 7.32. The molecule has 0 fully saturated rings. The van der Waals surface area contributed by atoms with Gasteiger partial charge in [0, 0.05) is 26.2 Å². The van der Waals surface area contributed by atoms with Crippen LogP contribution in [0.2, 0.25) is 0 Å². The third-order valence-electron chi connectivity index (χ3n) is 4.19. The molecular weight excluding hydrogens is 372 g/mol. The van der Waals surface area contributed by atoms with E-state index in [9.17, 15) is 8.42 Å². The molecule has 0 heterocycles. The van der Waals surface area contributed by atoms with Gasteiger partial charge in [0.05, 0.1) is 5.75 Å². The molecule has 0 unspecified atom stereocenters. The Labute approximate surface area is 168 Å². The summed E-state index contributed by atoms with van der Waals surface area (Å²) < 4.78 is 26.6. The molecule has 0 aliphatic rings. The largest absolute Gasteiger partial charge is 0.352 e. The van der Waals surface area contributed by atoms with Gasteiger partial charge in [-0.3, -0.25) is 4.99 Å². The zero-order chi connectivity index (χ0) is 20.6. The highest BCUT2D eigenvalue weighted by atomic mass is 32.2. The highest BCUT2D eigenvalue weighted by molar-refractivity contribution is 7.88. The van der Waals surface area contributed by atoms with Gasteiger partial charge >= 0.3 is 0 Å². The number of sulfonamides is 1. The molecule has 0 saturated heterocycles. The Morgan fingerprint density at radius 2 is 1.57 bits per heavy atom. The van der Waals surface area contributed by atoms with Crippen molar-refractivity contribution in [3.63, 3.8) is 0 Å². The summed E-state index contributed by atoms with van der Waals surface area (Å²) in [6.45, 7) is 7.01. The molecule has 2 rings (SSSR count). The molecule has 0 radical (unpaired) electrons. The van der Waals surface area contributed by atoms with Crippen molar-refractivity contribution in [2.75, 3.05) is 7.05 Å². The molecule has 7 heteroatoms. The highest BCUT2D eigenvalue weighted by Crippen LogP contribution is 2.09. The molecule has 0 aliphatic heterocycles. The first-order valence-corrected chi connectivity index (χ1v) is 11.0. The van der Waals surface area contributed by atoms with Crippen LogP contribution in [-0.2, 0) is 28.9 Å². The van der Waals surface area contributed by atoms with Crippen molar-refractivity contribution >= 4 is 16.0 Å². The molecule has 0 bridgehead atoms. The Hall–Kier alpha value is -2.38. The van der Waals surface area contributed by atoms with Gasteiger partial charge in [-0.2, -0.15) is 0 Å². The number of aryl methyl sites for hydroxylation is 1. The fourth-order valence-electron chi connectivity index (χ4n) is 2.77. The van der Waals surface area contributed by atoms with Crippen molar-refractivity contribution in [2.24, 2.45) is 4.99 Å². The van der Waals surface area contributed by atoms with E-state index in [0.717, 1.165) is 17.1 Å². The second kappa shape index (κ2) is 10.2. The fraction of sp³-hybridized carbons (Fsp3) is 0.381. The van der Waals surface area contributed by atoms with Crippen molar-refractivity contribution < 1.29 is 8.42 Å². The number of benzene rings is 2. The van der Waals surface area contributed by atoms with Crippen LogP contribution in [0.1, 0.15) is 36.1 Å². The van der Waals surface area contributed by atoms with Crippen LogP contribution in [0.5, 0.6) is 0 Å². The Morgan fingerprint density at radius 1 is 0.964 bits per heavy atom. The maximum Gasteiger partial charge on any atom is 0.216 e. The Balaban J connectivity index is 1.87. The predicted molar refractivity (Wildman–Crippen MR) is 116 cm³/mol. The van der Waals surface area contributed by atoms with Crippen LogP contribution in [-0.4, -0.2) is 27.5 Å². The van der Waals surface area contributed by atoms with Crippen LogP contribution in [0.25, 0.3) is 0 Å². The summed E-state index contributed by atoms with van der Waals surface area (Å²) in [5, 5.41) is 6.59. The van der Waals surface area contributed by atoms with Gasteiger partial charge in [-0.25, -0.2) is 13.1 Å². The van der Waals surface area contributed by atoms with Crippen molar-refractivity contribution in [1.82, 2.24) is 15.4 Å². The van der Waals surface area contributed by atoms with Gasteiger partial charge in [0.25, 0.3) is 0 Å². The Morgan fingerprint density at radius 3 is 2.18 bits per heavy atom. The predicted octanol–water partition coefficient (Wildman–Crippen LogP) is 2.69. The molecule has 0 spiro atoms. The van der Waals surface area contributed by atoms with Gasteiger partial charge < -0.3 is 10.6 Å². The maximum atomic E-state index is 12.0. The average Bonchev–Trinajstić information content (AvgIpc) is 2.63. The normalized spacial score (nSPS) is 12.2.